The molecule has 2 aliphatic heterocycles. The average molecular weight is 566 g/mol. The number of benzene rings is 3. The monoisotopic (exact) mass is 564 g/mol. The van der Waals surface area contributed by atoms with Gasteiger partial charge in [-0.15, -0.1) is 11.8 Å². The number of nitrogens with zero attached hydrogens (tertiary/aromatic N) is 2. The molecule has 2 heterocycles. The van der Waals surface area contributed by atoms with E-state index in [0.29, 0.717) is 12.3 Å². The van der Waals surface area contributed by atoms with Crippen LogP contribution in [0.3, 0.4) is 0 Å². The van der Waals surface area contributed by atoms with Crippen molar-refractivity contribution < 1.29 is 14.3 Å². The zero-order chi connectivity index (χ0) is 25.1. The molecule has 7 heteroatoms. The first-order chi connectivity index (χ1) is 17.5. The van der Waals surface area contributed by atoms with Crippen molar-refractivity contribution in [3.63, 3.8) is 0 Å². The maximum atomic E-state index is 13.0. The third kappa shape index (κ3) is 5.10. The standard InChI is InChI=1S/C29H29BrN2O3S/c1-34-25-12-11-21(27(14-25)35-2)16-32-17-23-18-36-28(15-26(33)20-7-4-3-5-8-20)31-29(23,19-32)22-9-6-10-24(30)13-22/h3-14,23H,15-19H2,1-2H3/t23-,29+/m0/s1. The third-order valence-corrected chi connectivity index (χ3v) is 8.65. The van der Waals surface area contributed by atoms with Gasteiger partial charge in [-0.3, -0.25) is 14.7 Å². The Kier molecular flexibility index (Phi) is 7.51. The maximum absolute atomic E-state index is 13.0. The van der Waals surface area contributed by atoms with Gasteiger partial charge in [0.2, 0.25) is 0 Å². The molecule has 1 saturated heterocycles. The van der Waals surface area contributed by atoms with Gasteiger partial charge in [-0.2, -0.15) is 0 Å². The number of methoxy groups -OCH3 is 2. The van der Waals surface area contributed by atoms with Gasteiger partial charge in [0.1, 0.15) is 17.0 Å². The normalized spacial score (nSPS) is 21.5. The molecule has 3 aromatic rings. The highest BCUT2D eigenvalue weighted by Gasteiger charge is 2.50. The number of rotatable bonds is 8. The molecule has 36 heavy (non-hydrogen) atoms. The average Bonchev–Trinajstić information content (AvgIpc) is 3.28. The zero-order valence-electron chi connectivity index (χ0n) is 20.4. The van der Waals surface area contributed by atoms with Crippen LogP contribution in [-0.4, -0.2) is 48.8 Å². The Labute approximate surface area is 225 Å². The molecule has 0 radical (unpaired) electrons. The number of ketones is 1. The number of hydrogen-bond donors (Lipinski definition) is 0. The van der Waals surface area contributed by atoms with Gasteiger partial charge in [-0.1, -0.05) is 64.5 Å². The largest absolute Gasteiger partial charge is 0.497 e. The van der Waals surface area contributed by atoms with Crippen LogP contribution in [0.1, 0.15) is 27.9 Å². The summed E-state index contributed by atoms with van der Waals surface area (Å²) < 4.78 is 12.1. The molecule has 0 saturated carbocycles. The fourth-order valence-electron chi connectivity index (χ4n) is 5.21. The van der Waals surface area contributed by atoms with Crippen molar-refractivity contribution in [3.8, 4) is 11.5 Å². The van der Waals surface area contributed by atoms with Crippen molar-refractivity contribution in [2.24, 2.45) is 10.9 Å². The van der Waals surface area contributed by atoms with Crippen LogP contribution in [-0.2, 0) is 12.1 Å². The first-order valence-electron chi connectivity index (χ1n) is 12.0. The van der Waals surface area contributed by atoms with Crippen molar-refractivity contribution in [1.82, 2.24) is 4.90 Å². The molecule has 3 aromatic carbocycles. The summed E-state index contributed by atoms with van der Waals surface area (Å²) in [5, 5.41) is 0.920. The predicted octanol–water partition coefficient (Wildman–Crippen LogP) is 6.21. The van der Waals surface area contributed by atoms with Gasteiger partial charge in [0.25, 0.3) is 0 Å². The zero-order valence-corrected chi connectivity index (χ0v) is 22.8. The van der Waals surface area contributed by atoms with Crippen LogP contribution in [0.5, 0.6) is 11.5 Å². The van der Waals surface area contributed by atoms with Crippen LogP contribution in [0.2, 0.25) is 0 Å². The second kappa shape index (κ2) is 10.8. The van der Waals surface area contributed by atoms with Crippen LogP contribution < -0.4 is 9.47 Å². The van der Waals surface area contributed by atoms with Crippen LogP contribution >= 0.6 is 27.7 Å². The number of carbonyl (C=O) groups excluding carboxylic acids is 1. The molecule has 2 aliphatic rings. The minimum Gasteiger partial charge on any atom is -0.497 e. The molecule has 0 unspecified atom stereocenters. The molecule has 0 N–H and O–H groups in total. The fraction of sp³-hybridized carbons (Fsp3) is 0.310. The van der Waals surface area contributed by atoms with Gasteiger partial charge in [0.05, 0.1) is 25.7 Å². The number of fused-ring (bicyclic) bond motifs is 1. The topological polar surface area (TPSA) is 51.1 Å². The van der Waals surface area contributed by atoms with Gasteiger partial charge >= 0.3 is 0 Å². The van der Waals surface area contributed by atoms with Gasteiger partial charge < -0.3 is 9.47 Å². The quantitative estimate of drug-likeness (QED) is 0.304. The molecular weight excluding hydrogens is 536 g/mol. The number of Topliss-reactive ketones (excluding diaryl/α,β-unsaturated/α-hetero) is 1. The Morgan fingerprint density at radius 2 is 1.92 bits per heavy atom. The molecule has 5 rings (SSSR count). The van der Waals surface area contributed by atoms with E-state index in [1.807, 2.05) is 48.5 Å². The van der Waals surface area contributed by atoms with Crippen molar-refractivity contribution in [2.45, 2.75) is 18.5 Å². The number of likely N-dealkylation sites (tertiary alicyclic amines) is 1. The van der Waals surface area contributed by atoms with E-state index in [2.05, 4.69) is 45.1 Å². The molecule has 1 fully saturated rings. The molecule has 186 valence electrons. The molecule has 0 amide bonds. The molecule has 0 aliphatic carbocycles. The number of carbonyl (C=O) groups is 1. The number of hydrogen-bond acceptors (Lipinski definition) is 6. The number of thioether (sulfide) groups is 1. The summed E-state index contributed by atoms with van der Waals surface area (Å²) in [6, 6.07) is 24.0. The van der Waals surface area contributed by atoms with Gasteiger partial charge in [0, 0.05) is 53.0 Å². The minimum absolute atomic E-state index is 0.113. The summed E-state index contributed by atoms with van der Waals surface area (Å²) >= 11 is 5.39. The Morgan fingerprint density at radius 3 is 2.67 bits per heavy atom. The first-order valence-corrected chi connectivity index (χ1v) is 13.8. The van der Waals surface area contributed by atoms with Crippen molar-refractivity contribution in [3.05, 3.63) is 94.0 Å². The van der Waals surface area contributed by atoms with E-state index in [1.54, 1.807) is 26.0 Å². The van der Waals surface area contributed by atoms with Gasteiger partial charge in [-0.25, -0.2) is 0 Å². The lowest BCUT2D eigenvalue weighted by Crippen LogP contribution is -2.38. The summed E-state index contributed by atoms with van der Waals surface area (Å²) in [7, 11) is 3.36. The van der Waals surface area contributed by atoms with E-state index in [4.69, 9.17) is 14.5 Å². The van der Waals surface area contributed by atoms with E-state index in [0.717, 1.165) is 57.5 Å². The summed E-state index contributed by atoms with van der Waals surface area (Å²) in [5.74, 6) is 3.00. The summed E-state index contributed by atoms with van der Waals surface area (Å²) in [6.07, 6.45) is 0.337. The summed E-state index contributed by atoms with van der Waals surface area (Å²) in [5.41, 5.74) is 2.66. The molecular formula is C29H29BrN2O3S. The maximum Gasteiger partial charge on any atom is 0.169 e. The lowest BCUT2D eigenvalue weighted by atomic mass is 9.82. The lowest BCUT2D eigenvalue weighted by molar-refractivity contribution is 0.100. The Bertz CT molecular complexity index is 1280. The van der Waals surface area contributed by atoms with Gasteiger partial charge in [-0.05, 0) is 23.8 Å². The fourth-order valence-corrected chi connectivity index (χ4v) is 6.85. The first kappa shape index (κ1) is 25.1. The highest BCUT2D eigenvalue weighted by Crippen LogP contribution is 2.47. The van der Waals surface area contributed by atoms with Crippen LogP contribution in [0, 0.1) is 5.92 Å². The van der Waals surface area contributed by atoms with E-state index in [-0.39, 0.29) is 11.3 Å². The Morgan fingerprint density at radius 1 is 1.08 bits per heavy atom. The molecule has 5 nitrogen and oxygen atoms in total. The van der Waals surface area contributed by atoms with E-state index < -0.39 is 0 Å². The molecule has 0 spiro atoms. The van der Waals surface area contributed by atoms with Crippen molar-refractivity contribution >= 4 is 38.5 Å². The third-order valence-electron chi connectivity index (χ3n) is 7.01. The number of ether oxygens (including phenoxy) is 2. The highest BCUT2D eigenvalue weighted by molar-refractivity contribution is 9.10. The molecule has 0 aromatic heterocycles. The van der Waals surface area contributed by atoms with Crippen LogP contribution in [0.25, 0.3) is 0 Å². The number of aliphatic imine (C=N–C) groups is 1. The second-order valence-corrected chi connectivity index (χ2v) is 11.3. The van der Waals surface area contributed by atoms with E-state index in [1.165, 1.54) is 5.56 Å². The van der Waals surface area contributed by atoms with Crippen molar-refractivity contribution in [2.75, 3.05) is 33.1 Å². The lowest BCUT2D eigenvalue weighted by Gasteiger charge is -2.36. The molecule has 0 bridgehead atoms. The van der Waals surface area contributed by atoms with E-state index in [9.17, 15) is 4.79 Å². The minimum atomic E-state index is -0.388. The van der Waals surface area contributed by atoms with Gasteiger partial charge in [0.15, 0.2) is 5.78 Å². The van der Waals surface area contributed by atoms with Crippen molar-refractivity contribution in [1.29, 1.82) is 0 Å². The molecule has 2 atom stereocenters. The predicted molar refractivity (Wildman–Crippen MR) is 149 cm³/mol. The van der Waals surface area contributed by atoms with Crippen LogP contribution in [0.4, 0.5) is 0 Å². The van der Waals surface area contributed by atoms with E-state index >= 15 is 0 Å². The number of halogens is 1. The summed E-state index contributed by atoms with van der Waals surface area (Å²) in [6.45, 7) is 2.48. The van der Waals surface area contributed by atoms with Crippen LogP contribution in [0.15, 0.2) is 82.3 Å². The summed E-state index contributed by atoms with van der Waals surface area (Å²) in [4.78, 5) is 20.8. The highest BCUT2D eigenvalue weighted by atomic mass is 79.9. The Hall–Kier alpha value is -2.61. The Balaban J connectivity index is 1.45. The second-order valence-electron chi connectivity index (χ2n) is 9.26. The SMILES string of the molecule is COc1ccc(CN2C[C@H]3CSC(CC(=O)c4ccccc4)=N[C@@]3(c3cccc(Br)c3)C2)c(OC)c1. The smallest absolute Gasteiger partial charge is 0.169 e.